The third kappa shape index (κ3) is 4.49. The SMILES string of the molecule is CCc1ccc(C(C)NC(=O)NC2CC(=O)N(C(C)(C)C)C2)cc1. The second kappa shape index (κ2) is 7.24. The van der Waals surface area contributed by atoms with Crippen LogP contribution in [0.2, 0.25) is 0 Å². The van der Waals surface area contributed by atoms with Crippen molar-refractivity contribution >= 4 is 11.9 Å². The molecule has 1 aliphatic heterocycles. The smallest absolute Gasteiger partial charge is 0.315 e. The number of aryl methyl sites for hydroxylation is 1. The van der Waals surface area contributed by atoms with Crippen molar-refractivity contribution < 1.29 is 9.59 Å². The van der Waals surface area contributed by atoms with Crippen LogP contribution in [0.15, 0.2) is 24.3 Å². The highest BCUT2D eigenvalue weighted by Crippen LogP contribution is 2.22. The Kier molecular flexibility index (Phi) is 5.52. The molecule has 0 saturated carbocycles. The lowest BCUT2D eigenvalue weighted by atomic mass is 10.1. The van der Waals surface area contributed by atoms with Crippen LogP contribution in [-0.2, 0) is 11.2 Å². The van der Waals surface area contributed by atoms with E-state index in [-0.39, 0.29) is 29.6 Å². The molecule has 2 unspecified atom stereocenters. The van der Waals surface area contributed by atoms with Gasteiger partial charge in [0, 0.05) is 18.5 Å². The number of carbonyl (C=O) groups excluding carboxylic acids is 2. The van der Waals surface area contributed by atoms with Gasteiger partial charge in [0.25, 0.3) is 0 Å². The van der Waals surface area contributed by atoms with E-state index in [9.17, 15) is 9.59 Å². The number of nitrogens with one attached hydrogen (secondary N) is 2. The molecule has 24 heavy (non-hydrogen) atoms. The second-order valence-electron chi connectivity index (χ2n) is 7.51. The molecule has 1 fully saturated rings. The van der Waals surface area contributed by atoms with Crippen molar-refractivity contribution in [2.45, 2.75) is 65.1 Å². The van der Waals surface area contributed by atoms with Gasteiger partial charge in [-0.15, -0.1) is 0 Å². The van der Waals surface area contributed by atoms with Crippen molar-refractivity contribution in [2.24, 2.45) is 0 Å². The van der Waals surface area contributed by atoms with Gasteiger partial charge in [-0.25, -0.2) is 4.79 Å². The van der Waals surface area contributed by atoms with Crippen molar-refractivity contribution in [1.29, 1.82) is 0 Å². The third-order valence-corrected chi connectivity index (χ3v) is 4.51. The fourth-order valence-corrected chi connectivity index (χ4v) is 3.00. The third-order valence-electron chi connectivity index (χ3n) is 4.51. The number of hydrogen-bond acceptors (Lipinski definition) is 2. The van der Waals surface area contributed by atoms with E-state index in [2.05, 4.69) is 29.7 Å². The Bertz CT molecular complexity index is 590. The summed E-state index contributed by atoms with van der Waals surface area (Å²) in [6.45, 7) is 10.7. The van der Waals surface area contributed by atoms with Gasteiger partial charge in [-0.2, -0.15) is 0 Å². The minimum absolute atomic E-state index is 0.0771. The van der Waals surface area contributed by atoms with Gasteiger partial charge < -0.3 is 15.5 Å². The number of benzene rings is 1. The zero-order valence-electron chi connectivity index (χ0n) is 15.3. The summed E-state index contributed by atoms with van der Waals surface area (Å²) in [5.41, 5.74) is 2.14. The number of carbonyl (C=O) groups is 2. The minimum atomic E-state index is -0.226. The van der Waals surface area contributed by atoms with Crippen molar-refractivity contribution in [3.05, 3.63) is 35.4 Å². The average Bonchev–Trinajstić information content (AvgIpc) is 2.87. The fourth-order valence-electron chi connectivity index (χ4n) is 3.00. The normalized spacial score (nSPS) is 19.3. The van der Waals surface area contributed by atoms with Crippen molar-refractivity contribution in [3.63, 3.8) is 0 Å². The number of hydrogen-bond donors (Lipinski definition) is 2. The zero-order valence-corrected chi connectivity index (χ0v) is 15.3. The van der Waals surface area contributed by atoms with Gasteiger partial charge in [0.1, 0.15) is 0 Å². The average molecular weight is 331 g/mol. The molecule has 0 bridgehead atoms. The summed E-state index contributed by atoms with van der Waals surface area (Å²) in [5.74, 6) is 0.0935. The molecule has 1 aliphatic rings. The molecule has 1 aromatic carbocycles. The summed E-state index contributed by atoms with van der Waals surface area (Å²) in [6.07, 6.45) is 1.37. The lowest BCUT2D eigenvalue weighted by Gasteiger charge is -2.32. The van der Waals surface area contributed by atoms with Crippen LogP contribution in [0.5, 0.6) is 0 Å². The lowest BCUT2D eigenvalue weighted by molar-refractivity contribution is -0.131. The Labute approximate surface area is 144 Å². The molecule has 5 heteroatoms. The largest absolute Gasteiger partial charge is 0.336 e. The number of amides is 3. The quantitative estimate of drug-likeness (QED) is 0.891. The first-order valence-corrected chi connectivity index (χ1v) is 8.67. The molecule has 0 spiro atoms. The van der Waals surface area contributed by atoms with Crippen LogP contribution in [0.25, 0.3) is 0 Å². The highest BCUT2D eigenvalue weighted by atomic mass is 16.2. The molecular formula is C19H29N3O2. The fraction of sp³-hybridized carbons (Fsp3) is 0.579. The molecule has 3 amide bonds. The Morgan fingerprint density at radius 1 is 1.29 bits per heavy atom. The lowest BCUT2D eigenvalue weighted by Crippen LogP contribution is -2.46. The molecular weight excluding hydrogens is 302 g/mol. The van der Waals surface area contributed by atoms with Crippen LogP contribution < -0.4 is 10.6 Å². The van der Waals surface area contributed by atoms with E-state index in [4.69, 9.17) is 0 Å². The van der Waals surface area contributed by atoms with Gasteiger partial charge in [-0.05, 0) is 45.2 Å². The molecule has 2 N–H and O–H groups in total. The molecule has 132 valence electrons. The maximum absolute atomic E-state index is 12.2. The van der Waals surface area contributed by atoms with E-state index < -0.39 is 0 Å². The maximum Gasteiger partial charge on any atom is 0.315 e. The summed E-state index contributed by atoms with van der Waals surface area (Å²) >= 11 is 0. The second-order valence-corrected chi connectivity index (χ2v) is 7.51. The molecule has 2 atom stereocenters. The highest BCUT2D eigenvalue weighted by molar-refractivity contribution is 5.82. The Morgan fingerprint density at radius 2 is 1.92 bits per heavy atom. The minimum Gasteiger partial charge on any atom is -0.336 e. The van der Waals surface area contributed by atoms with Gasteiger partial charge in [0.15, 0.2) is 0 Å². The van der Waals surface area contributed by atoms with Crippen LogP contribution in [0.3, 0.4) is 0 Å². The number of rotatable bonds is 4. The summed E-state index contributed by atoms with van der Waals surface area (Å²) < 4.78 is 0. The van der Waals surface area contributed by atoms with Crippen molar-refractivity contribution in [1.82, 2.24) is 15.5 Å². The van der Waals surface area contributed by atoms with E-state index in [0.29, 0.717) is 13.0 Å². The van der Waals surface area contributed by atoms with E-state index >= 15 is 0 Å². The van der Waals surface area contributed by atoms with Crippen LogP contribution in [-0.4, -0.2) is 35.0 Å². The van der Waals surface area contributed by atoms with Crippen LogP contribution in [0.4, 0.5) is 4.79 Å². The number of likely N-dealkylation sites (tertiary alicyclic amines) is 1. The molecule has 0 aliphatic carbocycles. The van der Waals surface area contributed by atoms with E-state index in [1.165, 1.54) is 5.56 Å². The van der Waals surface area contributed by atoms with Gasteiger partial charge in [-0.3, -0.25) is 4.79 Å². The standard InChI is InChI=1S/C19H29N3O2/c1-6-14-7-9-15(10-8-14)13(2)20-18(24)21-16-11-17(23)22(12-16)19(3,4)5/h7-10,13,16H,6,11-12H2,1-5H3,(H2,20,21,24). The molecule has 1 aromatic rings. The molecule has 0 radical (unpaired) electrons. The Balaban J connectivity index is 1.88. The predicted octanol–water partition coefficient (Wildman–Crippen LogP) is 3.01. The summed E-state index contributed by atoms with van der Waals surface area (Å²) in [7, 11) is 0. The van der Waals surface area contributed by atoms with Gasteiger partial charge in [-0.1, -0.05) is 31.2 Å². The van der Waals surface area contributed by atoms with E-state index in [1.54, 1.807) is 0 Å². The molecule has 1 heterocycles. The van der Waals surface area contributed by atoms with E-state index in [0.717, 1.165) is 12.0 Å². The summed E-state index contributed by atoms with van der Waals surface area (Å²) in [4.78, 5) is 26.1. The van der Waals surface area contributed by atoms with Crippen molar-refractivity contribution in [2.75, 3.05) is 6.54 Å². The van der Waals surface area contributed by atoms with Crippen LogP contribution in [0, 0.1) is 0 Å². The van der Waals surface area contributed by atoms with E-state index in [1.807, 2.05) is 44.7 Å². The molecule has 2 rings (SSSR count). The number of urea groups is 1. The monoisotopic (exact) mass is 331 g/mol. The Morgan fingerprint density at radius 3 is 2.42 bits per heavy atom. The molecule has 5 nitrogen and oxygen atoms in total. The van der Waals surface area contributed by atoms with Gasteiger partial charge in [0.2, 0.25) is 5.91 Å². The van der Waals surface area contributed by atoms with Gasteiger partial charge >= 0.3 is 6.03 Å². The first-order chi connectivity index (χ1) is 11.2. The summed E-state index contributed by atoms with van der Waals surface area (Å²) in [5, 5.41) is 5.87. The Hall–Kier alpha value is -2.04. The predicted molar refractivity (Wildman–Crippen MR) is 95.8 cm³/mol. The zero-order chi connectivity index (χ0) is 17.9. The topological polar surface area (TPSA) is 61.4 Å². The molecule has 1 saturated heterocycles. The first kappa shape index (κ1) is 18.3. The highest BCUT2D eigenvalue weighted by Gasteiger charge is 2.36. The maximum atomic E-state index is 12.2. The number of nitrogens with zero attached hydrogens (tertiary/aromatic N) is 1. The van der Waals surface area contributed by atoms with Crippen LogP contribution >= 0.6 is 0 Å². The summed E-state index contributed by atoms with van der Waals surface area (Å²) in [6, 6.07) is 7.83. The van der Waals surface area contributed by atoms with Crippen LogP contribution in [0.1, 0.15) is 58.2 Å². The van der Waals surface area contributed by atoms with Gasteiger partial charge in [0.05, 0.1) is 12.1 Å². The van der Waals surface area contributed by atoms with Crippen molar-refractivity contribution in [3.8, 4) is 0 Å². The first-order valence-electron chi connectivity index (χ1n) is 8.67. The molecule has 0 aromatic heterocycles.